The van der Waals surface area contributed by atoms with E-state index in [4.69, 9.17) is 25.5 Å². The summed E-state index contributed by atoms with van der Waals surface area (Å²) in [6.45, 7) is -0.334. The van der Waals surface area contributed by atoms with Crippen molar-refractivity contribution in [3.63, 3.8) is 0 Å². The number of ether oxygens (including phenoxy) is 2. The van der Waals surface area contributed by atoms with Gasteiger partial charge in [0.2, 0.25) is 0 Å². The van der Waals surface area contributed by atoms with Crippen LogP contribution in [0.15, 0.2) is 51.7 Å². The van der Waals surface area contributed by atoms with Gasteiger partial charge in [0.05, 0.1) is 10.4 Å². The second-order valence-electron chi connectivity index (χ2n) is 6.85. The van der Waals surface area contributed by atoms with Crippen molar-refractivity contribution in [3.05, 3.63) is 74.6 Å². The van der Waals surface area contributed by atoms with Crippen LogP contribution < -0.4 is 15.5 Å². The Morgan fingerprint density at radius 2 is 1.93 bits per heavy atom. The number of halogens is 1. The van der Waals surface area contributed by atoms with Crippen molar-refractivity contribution < 1.29 is 23.5 Å². The fourth-order valence-electron chi connectivity index (χ4n) is 3.32. The smallest absolute Gasteiger partial charge is 0.407 e. The van der Waals surface area contributed by atoms with Gasteiger partial charge >= 0.3 is 12.1 Å². The second-order valence-corrected chi connectivity index (χ2v) is 7.26. The Morgan fingerprint density at radius 3 is 2.73 bits per heavy atom. The minimum absolute atomic E-state index is 0.0267. The first-order valence-corrected chi connectivity index (χ1v) is 9.82. The quantitative estimate of drug-likeness (QED) is 0.492. The molecule has 1 aliphatic carbocycles. The van der Waals surface area contributed by atoms with Gasteiger partial charge in [-0.3, -0.25) is 4.79 Å². The van der Waals surface area contributed by atoms with Crippen molar-refractivity contribution in [1.82, 2.24) is 5.32 Å². The monoisotopic (exact) mass is 427 g/mol. The number of hydrogen-bond donors (Lipinski definition) is 1. The summed E-state index contributed by atoms with van der Waals surface area (Å²) in [4.78, 5) is 36.5. The van der Waals surface area contributed by atoms with Gasteiger partial charge in [-0.05, 0) is 24.5 Å². The molecule has 0 saturated carbocycles. The Labute approximate surface area is 176 Å². The lowest BCUT2D eigenvalue weighted by molar-refractivity contribution is -0.133. The van der Waals surface area contributed by atoms with Crippen molar-refractivity contribution in [2.75, 3.05) is 6.54 Å². The number of esters is 1. The van der Waals surface area contributed by atoms with E-state index in [1.165, 1.54) is 12.1 Å². The Kier molecular flexibility index (Phi) is 5.72. The van der Waals surface area contributed by atoms with Gasteiger partial charge in [0.25, 0.3) is 0 Å². The number of fused-ring (bicyclic) bond motifs is 2. The Balaban J connectivity index is 1.38. The average Bonchev–Trinajstić information content (AvgIpc) is 3.21. The lowest BCUT2D eigenvalue weighted by Crippen LogP contribution is -2.32. The number of benzene rings is 2. The number of hydrogen-bond acceptors (Lipinski definition) is 6. The number of aryl methyl sites for hydroxylation is 1. The van der Waals surface area contributed by atoms with Crippen molar-refractivity contribution in [3.8, 4) is 5.75 Å². The third-order valence-corrected chi connectivity index (χ3v) is 5.06. The first-order chi connectivity index (χ1) is 14.5. The van der Waals surface area contributed by atoms with E-state index in [0.29, 0.717) is 28.7 Å². The summed E-state index contributed by atoms with van der Waals surface area (Å²) in [7, 11) is 0. The van der Waals surface area contributed by atoms with E-state index in [1.54, 1.807) is 0 Å². The van der Waals surface area contributed by atoms with Crippen LogP contribution in [0, 0.1) is 0 Å². The molecule has 154 valence electrons. The molecular weight excluding hydrogens is 410 g/mol. The molecule has 1 amide bonds. The summed E-state index contributed by atoms with van der Waals surface area (Å²) in [6.07, 6.45) is 1.50. The van der Waals surface area contributed by atoms with Crippen LogP contribution in [-0.2, 0) is 29.0 Å². The molecule has 4 rings (SSSR count). The van der Waals surface area contributed by atoms with Crippen LogP contribution in [0.25, 0.3) is 11.0 Å². The highest BCUT2D eigenvalue weighted by atomic mass is 35.5. The van der Waals surface area contributed by atoms with Gasteiger partial charge in [0, 0.05) is 18.1 Å². The molecule has 0 radical (unpaired) electrons. The van der Waals surface area contributed by atoms with E-state index < -0.39 is 18.6 Å². The molecule has 30 heavy (non-hydrogen) atoms. The molecule has 1 aromatic heterocycles. The minimum atomic E-state index is -0.753. The molecule has 8 heteroatoms. The highest BCUT2D eigenvalue weighted by Crippen LogP contribution is 2.31. The van der Waals surface area contributed by atoms with Crippen LogP contribution in [0.2, 0.25) is 5.02 Å². The second kappa shape index (κ2) is 8.59. The Morgan fingerprint density at radius 1 is 1.13 bits per heavy atom. The van der Waals surface area contributed by atoms with Gasteiger partial charge in [0.1, 0.15) is 24.5 Å². The number of carbonyl (C=O) groups excluding carboxylic acids is 2. The van der Waals surface area contributed by atoms with Crippen LogP contribution in [0.4, 0.5) is 4.79 Å². The SMILES string of the molecule is O=C(CNC(=O)OCc1ccccc1)Oc1cc2c(=O)c3c(oc2cc1Cl)CCC3. The topological polar surface area (TPSA) is 94.8 Å². The zero-order valence-electron chi connectivity index (χ0n) is 15.9. The zero-order valence-corrected chi connectivity index (χ0v) is 16.7. The summed E-state index contributed by atoms with van der Waals surface area (Å²) in [5, 5.41) is 2.75. The molecule has 3 aromatic rings. The normalized spacial score (nSPS) is 12.4. The standard InChI is InChI=1S/C22H18ClNO6/c23-16-10-18-15(21(26)14-7-4-8-17(14)29-18)9-19(16)30-20(25)11-24-22(27)28-12-13-5-2-1-3-6-13/h1-3,5-6,9-10H,4,7-8,11-12H2,(H,24,27). The van der Waals surface area contributed by atoms with E-state index in [9.17, 15) is 14.4 Å². The highest BCUT2D eigenvalue weighted by Gasteiger charge is 2.21. The minimum Gasteiger partial charge on any atom is -0.460 e. The molecule has 0 saturated heterocycles. The van der Waals surface area contributed by atoms with E-state index in [1.807, 2.05) is 30.3 Å². The van der Waals surface area contributed by atoms with Crippen LogP contribution >= 0.6 is 11.6 Å². The van der Waals surface area contributed by atoms with E-state index in [2.05, 4.69) is 5.32 Å². The fourth-order valence-corrected chi connectivity index (χ4v) is 3.51. The number of nitrogens with one attached hydrogen (secondary N) is 1. The molecule has 0 bridgehead atoms. The first kappa shape index (κ1) is 20.0. The zero-order chi connectivity index (χ0) is 21.1. The molecule has 0 atom stereocenters. The summed E-state index contributed by atoms with van der Waals surface area (Å²) in [5.41, 5.74) is 1.70. The van der Waals surface area contributed by atoms with Gasteiger partial charge in [-0.25, -0.2) is 9.59 Å². The van der Waals surface area contributed by atoms with Crippen LogP contribution in [-0.4, -0.2) is 18.6 Å². The summed E-state index contributed by atoms with van der Waals surface area (Å²) < 4.78 is 16.0. The van der Waals surface area contributed by atoms with Gasteiger partial charge in [-0.2, -0.15) is 0 Å². The summed E-state index contributed by atoms with van der Waals surface area (Å²) in [5.74, 6) is -0.0381. The van der Waals surface area contributed by atoms with Gasteiger partial charge in [0.15, 0.2) is 11.2 Å². The molecule has 1 N–H and O–H groups in total. The average molecular weight is 428 g/mol. The van der Waals surface area contributed by atoms with Gasteiger partial charge in [-0.15, -0.1) is 0 Å². The van der Waals surface area contributed by atoms with Crippen molar-refractivity contribution in [2.45, 2.75) is 25.9 Å². The van der Waals surface area contributed by atoms with Crippen LogP contribution in [0.5, 0.6) is 5.75 Å². The summed E-state index contributed by atoms with van der Waals surface area (Å²) >= 11 is 6.18. The van der Waals surface area contributed by atoms with Crippen LogP contribution in [0.1, 0.15) is 23.3 Å². The molecule has 1 aliphatic rings. The molecule has 0 fully saturated rings. The Bertz CT molecular complexity index is 1170. The predicted molar refractivity (Wildman–Crippen MR) is 110 cm³/mol. The van der Waals surface area contributed by atoms with Crippen molar-refractivity contribution in [1.29, 1.82) is 0 Å². The van der Waals surface area contributed by atoms with Crippen LogP contribution in [0.3, 0.4) is 0 Å². The third kappa shape index (κ3) is 4.31. The number of amides is 1. The van der Waals surface area contributed by atoms with E-state index >= 15 is 0 Å². The lowest BCUT2D eigenvalue weighted by Gasteiger charge is -2.10. The van der Waals surface area contributed by atoms with Crippen molar-refractivity contribution >= 4 is 34.6 Å². The largest absolute Gasteiger partial charge is 0.460 e. The molecule has 7 nitrogen and oxygen atoms in total. The third-order valence-electron chi connectivity index (χ3n) is 4.77. The number of alkyl carbamates (subject to hydrolysis) is 1. The first-order valence-electron chi connectivity index (χ1n) is 9.44. The van der Waals surface area contributed by atoms with Gasteiger partial charge in [-0.1, -0.05) is 41.9 Å². The maximum atomic E-state index is 12.7. The lowest BCUT2D eigenvalue weighted by atomic mass is 10.1. The molecular formula is C22H18ClNO6. The predicted octanol–water partition coefficient (Wildman–Crippen LogP) is 3.77. The summed E-state index contributed by atoms with van der Waals surface area (Å²) in [6, 6.07) is 12.0. The maximum Gasteiger partial charge on any atom is 0.407 e. The molecule has 0 spiro atoms. The molecule has 0 unspecified atom stereocenters. The van der Waals surface area contributed by atoms with Gasteiger partial charge < -0.3 is 19.2 Å². The molecule has 0 aliphatic heterocycles. The maximum absolute atomic E-state index is 12.7. The molecule has 2 aromatic carbocycles. The highest BCUT2D eigenvalue weighted by molar-refractivity contribution is 6.32. The fraction of sp³-hybridized carbons (Fsp3) is 0.227. The number of carbonyl (C=O) groups is 2. The molecule has 1 heterocycles. The number of rotatable bonds is 5. The van der Waals surface area contributed by atoms with Crippen molar-refractivity contribution in [2.24, 2.45) is 0 Å². The van der Waals surface area contributed by atoms with E-state index in [0.717, 1.165) is 18.4 Å². The van der Waals surface area contributed by atoms with E-state index in [-0.39, 0.29) is 22.8 Å². The Hall–Kier alpha value is -3.32.